The molecule has 2 heterocycles. The number of benzene rings is 1. The largest absolute Gasteiger partial charge is 0.389 e. The lowest BCUT2D eigenvalue weighted by Gasteiger charge is -2.43. The molecule has 1 aromatic rings. The first-order valence-corrected chi connectivity index (χ1v) is 9.47. The number of anilines is 1. The number of hydrogen-bond acceptors (Lipinski definition) is 5. The number of hydrogen-bond donors (Lipinski definition) is 1. The maximum absolute atomic E-state index is 13.2. The van der Waals surface area contributed by atoms with E-state index < -0.39 is 5.60 Å². The number of carbonyl (C=O) groups excluding carboxylic acids is 1. The topological polar surface area (TPSA) is 62.2 Å². The molecule has 0 radical (unpaired) electrons. The average molecular weight is 362 g/mol. The second kappa shape index (κ2) is 8.37. The van der Waals surface area contributed by atoms with E-state index in [9.17, 15) is 9.90 Å². The van der Waals surface area contributed by atoms with Crippen LogP contribution in [0.3, 0.4) is 0 Å². The van der Waals surface area contributed by atoms with Crippen LogP contribution < -0.4 is 4.90 Å². The van der Waals surface area contributed by atoms with Gasteiger partial charge >= 0.3 is 0 Å². The van der Waals surface area contributed by atoms with Gasteiger partial charge in [-0.2, -0.15) is 0 Å². The van der Waals surface area contributed by atoms with E-state index in [0.29, 0.717) is 45.8 Å². The van der Waals surface area contributed by atoms with Crippen LogP contribution in [0.25, 0.3) is 0 Å². The Balaban J connectivity index is 1.72. The Morgan fingerprint density at radius 2 is 2.04 bits per heavy atom. The standard InChI is InChI=1S/C20H30N2O4/c1-16-15-22(9-7-20(16,24)8-12-25-2)19(23)17-5-3-4-6-18(17)21-10-13-26-14-11-21/h3-6,16,24H,7-15H2,1-2H3/t16-,20-/m1/s1. The van der Waals surface area contributed by atoms with E-state index in [-0.39, 0.29) is 11.8 Å². The quantitative estimate of drug-likeness (QED) is 0.865. The molecule has 0 spiro atoms. The van der Waals surface area contributed by atoms with Crippen molar-refractivity contribution in [1.82, 2.24) is 4.90 Å². The van der Waals surface area contributed by atoms with Crippen LogP contribution in [0.2, 0.25) is 0 Å². The molecular weight excluding hydrogens is 332 g/mol. The smallest absolute Gasteiger partial charge is 0.255 e. The van der Waals surface area contributed by atoms with Gasteiger partial charge in [0, 0.05) is 51.5 Å². The maximum atomic E-state index is 13.2. The Morgan fingerprint density at radius 3 is 2.73 bits per heavy atom. The van der Waals surface area contributed by atoms with Crippen molar-refractivity contribution in [2.45, 2.75) is 25.4 Å². The highest BCUT2D eigenvalue weighted by molar-refractivity contribution is 6.00. The van der Waals surface area contributed by atoms with Gasteiger partial charge in [-0.25, -0.2) is 0 Å². The molecule has 0 unspecified atom stereocenters. The molecule has 1 N–H and O–H groups in total. The summed E-state index contributed by atoms with van der Waals surface area (Å²) >= 11 is 0. The molecule has 3 rings (SSSR count). The molecule has 6 heteroatoms. The Hall–Kier alpha value is -1.63. The summed E-state index contributed by atoms with van der Waals surface area (Å²) in [7, 11) is 1.65. The molecule has 2 atom stereocenters. The SMILES string of the molecule is COCC[C@]1(O)CCN(C(=O)c2ccccc2N2CCOCC2)C[C@H]1C. The molecule has 2 aliphatic heterocycles. The average Bonchev–Trinajstić information content (AvgIpc) is 2.69. The molecule has 1 aromatic carbocycles. The van der Waals surface area contributed by atoms with Gasteiger partial charge in [0.1, 0.15) is 0 Å². The van der Waals surface area contributed by atoms with Crippen LogP contribution in [0.4, 0.5) is 5.69 Å². The first-order valence-electron chi connectivity index (χ1n) is 9.47. The zero-order valence-electron chi connectivity index (χ0n) is 15.8. The molecule has 6 nitrogen and oxygen atoms in total. The number of ether oxygens (including phenoxy) is 2. The van der Waals surface area contributed by atoms with E-state index in [0.717, 1.165) is 24.3 Å². The zero-order valence-corrected chi connectivity index (χ0v) is 15.8. The van der Waals surface area contributed by atoms with Crippen molar-refractivity contribution < 1.29 is 19.4 Å². The summed E-state index contributed by atoms with van der Waals surface area (Å²) in [4.78, 5) is 17.3. The third-order valence-corrected chi connectivity index (χ3v) is 5.74. The molecule has 2 aliphatic rings. The van der Waals surface area contributed by atoms with Crippen LogP contribution in [0.5, 0.6) is 0 Å². The summed E-state index contributed by atoms with van der Waals surface area (Å²) in [6.07, 6.45) is 1.19. The third kappa shape index (κ3) is 4.03. The summed E-state index contributed by atoms with van der Waals surface area (Å²) in [6, 6.07) is 7.81. The van der Waals surface area contributed by atoms with Crippen molar-refractivity contribution in [2.24, 2.45) is 5.92 Å². The minimum Gasteiger partial charge on any atom is -0.389 e. The predicted molar refractivity (Wildman–Crippen MR) is 101 cm³/mol. The fourth-order valence-electron chi connectivity index (χ4n) is 3.91. The lowest BCUT2D eigenvalue weighted by molar-refractivity contribution is -0.0750. The van der Waals surface area contributed by atoms with Crippen molar-refractivity contribution in [3.8, 4) is 0 Å². The lowest BCUT2D eigenvalue weighted by Crippen LogP contribution is -2.53. The van der Waals surface area contributed by atoms with Gasteiger partial charge in [-0.1, -0.05) is 19.1 Å². The summed E-state index contributed by atoms with van der Waals surface area (Å²) in [5.74, 6) is 0.0682. The lowest BCUT2D eigenvalue weighted by atomic mass is 9.79. The summed E-state index contributed by atoms with van der Waals surface area (Å²) in [6.45, 7) is 6.68. The number of piperidine rings is 1. The van der Waals surface area contributed by atoms with Crippen molar-refractivity contribution in [3.63, 3.8) is 0 Å². The van der Waals surface area contributed by atoms with E-state index in [2.05, 4.69) is 4.90 Å². The molecule has 1 amide bonds. The number of amides is 1. The molecular formula is C20H30N2O4. The number of morpholine rings is 1. The maximum Gasteiger partial charge on any atom is 0.255 e. The van der Waals surface area contributed by atoms with Gasteiger partial charge in [-0.3, -0.25) is 4.79 Å². The van der Waals surface area contributed by atoms with E-state index in [1.165, 1.54) is 0 Å². The minimum absolute atomic E-state index is 0.0194. The Bertz CT molecular complexity index is 618. The third-order valence-electron chi connectivity index (χ3n) is 5.74. The molecule has 0 bridgehead atoms. The first kappa shape index (κ1) is 19.1. The number of nitrogens with zero attached hydrogens (tertiary/aromatic N) is 2. The van der Waals surface area contributed by atoms with Crippen LogP contribution in [0.1, 0.15) is 30.1 Å². The molecule has 2 fully saturated rings. The molecule has 0 aliphatic carbocycles. The van der Waals surface area contributed by atoms with Gasteiger partial charge in [0.05, 0.1) is 24.4 Å². The summed E-state index contributed by atoms with van der Waals surface area (Å²) in [5.41, 5.74) is 0.967. The normalized spacial score (nSPS) is 26.8. The molecule has 2 saturated heterocycles. The van der Waals surface area contributed by atoms with Crippen molar-refractivity contribution in [2.75, 3.05) is 58.0 Å². The van der Waals surface area contributed by atoms with Gasteiger partial charge in [0.2, 0.25) is 0 Å². The van der Waals surface area contributed by atoms with E-state index in [1.807, 2.05) is 36.1 Å². The fourth-order valence-corrected chi connectivity index (χ4v) is 3.91. The number of aliphatic hydroxyl groups is 1. The van der Waals surface area contributed by atoms with Gasteiger partial charge in [-0.15, -0.1) is 0 Å². The fraction of sp³-hybridized carbons (Fsp3) is 0.650. The van der Waals surface area contributed by atoms with Crippen molar-refractivity contribution >= 4 is 11.6 Å². The van der Waals surface area contributed by atoms with Gasteiger partial charge in [0.25, 0.3) is 5.91 Å². The zero-order chi connectivity index (χ0) is 18.6. The van der Waals surface area contributed by atoms with Gasteiger partial charge < -0.3 is 24.4 Å². The van der Waals surface area contributed by atoms with Crippen molar-refractivity contribution in [1.29, 1.82) is 0 Å². The highest BCUT2D eigenvalue weighted by Gasteiger charge is 2.40. The van der Waals surface area contributed by atoms with Crippen molar-refractivity contribution in [3.05, 3.63) is 29.8 Å². The molecule has 0 aromatic heterocycles. The summed E-state index contributed by atoms with van der Waals surface area (Å²) in [5, 5.41) is 10.9. The number of carbonyl (C=O) groups is 1. The van der Waals surface area contributed by atoms with E-state index >= 15 is 0 Å². The highest BCUT2D eigenvalue weighted by atomic mass is 16.5. The molecule has 144 valence electrons. The summed E-state index contributed by atoms with van der Waals surface area (Å²) < 4.78 is 10.6. The van der Waals surface area contributed by atoms with E-state index in [1.54, 1.807) is 7.11 Å². The van der Waals surface area contributed by atoms with Crippen LogP contribution in [0, 0.1) is 5.92 Å². The Labute approximate surface area is 155 Å². The van der Waals surface area contributed by atoms with Gasteiger partial charge in [-0.05, 0) is 25.0 Å². The second-order valence-corrected chi connectivity index (χ2v) is 7.37. The van der Waals surface area contributed by atoms with Crippen LogP contribution in [-0.2, 0) is 9.47 Å². The second-order valence-electron chi connectivity index (χ2n) is 7.37. The molecule has 26 heavy (non-hydrogen) atoms. The minimum atomic E-state index is -0.753. The van der Waals surface area contributed by atoms with Crippen LogP contribution in [0.15, 0.2) is 24.3 Å². The molecule has 0 saturated carbocycles. The first-order chi connectivity index (χ1) is 12.5. The van der Waals surface area contributed by atoms with Crippen LogP contribution >= 0.6 is 0 Å². The van der Waals surface area contributed by atoms with Crippen LogP contribution in [-0.4, -0.2) is 74.6 Å². The monoisotopic (exact) mass is 362 g/mol. The highest BCUT2D eigenvalue weighted by Crippen LogP contribution is 2.32. The Morgan fingerprint density at radius 1 is 1.31 bits per heavy atom. The van der Waals surface area contributed by atoms with E-state index in [4.69, 9.17) is 9.47 Å². The Kier molecular flexibility index (Phi) is 6.16. The van der Waals surface area contributed by atoms with Gasteiger partial charge in [0.15, 0.2) is 0 Å². The number of likely N-dealkylation sites (tertiary alicyclic amines) is 1. The predicted octanol–water partition coefficient (Wildman–Crippen LogP) is 1.77. The number of methoxy groups -OCH3 is 1. The number of rotatable bonds is 5. The number of para-hydroxylation sites is 1.